The number of aliphatic hydroxyl groups is 4. The number of carboxylic acid groups (broad SMARTS) is 1. The summed E-state index contributed by atoms with van der Waals surface area (Å²) in [5.74, 6) is -0.822. The van der Waals surface area contributed by atoms with Crippen LogP contribution in [0.25, 0.3) is 0 Å². The predicted molar refractivity (Wildman–Crippen MR) is 72.5 cm³/mol. The largest absolute Gasteiger partial charge is 0.478 e. The van der Waals surface area contributed by atoms with E-state index in [4.69, 9.17) is 19.7 Å². The molecule has 0 radical (unpaired) electrons. The molecule has 0 aliphatic carbocycles. The zero-order chi connectivity index (χ0) is 16.4. The van der Waals surface area contributed by atoms with Gasteiger partial charge in [-0.25, -0.2) is 4.79 Å². The molecule has 5 unspecified atom stereocenters. The van der Waals surface area contributed by atoms with E-state index in [-0.39, 0.29) is 11.3 Å². The second-order valence-corrected chi connectivity index (χ2v) is 5.10. The molecule has 1 aliphatic heterocycles. The average molecular weight is 314 g/mol. The number of benzene rings is 1. The molecule has 5 atom stereocenters. The maximum absolute atomic E-state index is 10.9. The molecule has 8 nitrogen and oxygen atoms in total. The SMILES string of the molecule is Cc1cc(C(=O)O)ccc1OC1OC(CO)C(O)C(O)C1O. The van der Waals surface area contributed by atoms with Gasteiger partial charge in [0.25, 0.3) is 0 Å². The van der Waals surface area contributed by atoms with Gasteiger partial charge in [0.05, 0.1) is 12.2 Å². The third kappa shape index (κ3) is 3.21. The highest BCUT2D eigenvalue weighted by atomic mass is 16.7. The fourth-order valence-electron chi connectivity index (χ4n) is 2.20. The Hall–Kier alpha value is -1.71. The standard InChI is InChI=1S/C14H18O8/c1-6-4-7(13(19)20)2-3-8(6)21-14-12(18)11(17)10(16)9(5-15)22-14/h2-4,9-12,14-18H,5H2,1H3,(H,19,20). The monoisotopic (exact) mass is 314 g/mol. The topological polar surface area (TPSA) is 137 Å². The first-order chi connectivity index (χ1) is 10.3. The molecule has 1 saturated heterocycles. The van der Waals surface area contributed by atoms with E-state index in [1.807, 2.05) is 0 Å². The maximum atomic E-state index is 10.9. The summed E-state index contributed by atoms with van der Waals surface area (Å²) in [6, 6.07) is 4.12. The lowest BCUT2D eigenvalue weighted by atomic mass is 9.99. The van der Waals surface area contributed by atoms with Gasteiger partial charge in [0.2, 0.25) is 6.29 Å². The maximum Gasteiger partial charge on any atom is 0.335 e. The average Bonchev–Trinajstić information content (AvgIpc) is 2.49. The number of aromatic carboxylic acids is 1. The van der Waals surface area contributed by atoms with Crippen molar-refractivity contribution in [1.29, 1.82) is 0 Å². The Morgan fingerprint density at radius 3 is 2.45 bits per heavy atom. The van der Waals surface area contributed by atoms with Crippen LogP contribution in [0.3, 0.4) is 0 Å². The lowest BCUT2D eigenvalue weighted by Crippen LogP contribution is -2.60. The summed E-state index contributed by atoms with van der Waals surface area (Å²) >= 11 is 0. The molecule has 8 heteroatoms. The highest BCUT2D eigenvalue weighted by molar-refractivity contribution is 5.88. The van der Waals surface area contributed by atoms with E-state index in [2.05, 4.69) is 0 Å². The van der Waals surface area contributed by atoms with Crippen molar-refractivity contribution in [3.8, 4) is 5.75 Å². The molecule has 1 aromatic carbocycles. The van der Waals surface area contributed by atoms with Gasteiger partial charge in [-0.15, -0.1) is 0 Å². The normalized spacial score (nSPS) is 31.8. The van der Waals surface area contributed by atoms with Gasteiger partial charge in [0.1, 0.15) is 30.2 Å². The van der Waals surface area contributed by atoms with E-state index in [0.717, 1.165) is 0 Å². The minimum atomic E-state index is -1.53. The fourth-order valence-corrected chi connectivity index (χ4v) is 2.20. The number of carbonyl (C=O) groups is 1. The molecule has 1 aliphatic rings. The van der Waals surface area contributed by atoms with Crippen LogP contribution < -0.4 is 4.74 Å². The van der Waals surface area contributed by atoms with Crippen molar-refractivity contribution in [2.75, 3.05) is 6.61 Å². The lowest BCUT2D eigenvalue weighted by molar-refractivity contribution is -0.277. The fraction of sp³-hybridized carbons (Fsp3) is 0.500. The van der Waals surface area contributed by atoms with Gasteiger partial charge in [0, 0.05) is 0 Å². The predicted octanol–water partition coefficient (Wildman–Crippen LogP) is -1.13. The van der Waals surface area contributed by atoms with Crippen molar-refractivity contribution in [3.63, 3.8) is 0 Å². The van der Waals surface area contributed by atoms with Crippen molar-refractivity contribution >= 4 is 5.97 Å². The summed E-state index contributed by atoms with van der Waals surface area (Å²) in [4.78, 5) is 10.9. The Morgan fingerprint density at radius 1 is 1.23 bits per heavy atom. The molecule has 0 spiro atoms. The number of ether oxygens (including phenoxy) is 2. The molecule has 1 aromatic rings. The second-order valence-electron chi connectivity index (χ2n) is 5.10. The van der Waals surface area contributed by atoms with Gasteiger partial charge in [0.15, 0.2) is 0 Å². The van der Waals surface area contributed by atoms with Gasteiger partial charge in [-0.05, 0) is 30.7 Å². The number of rotatable bonds is 4. The molecule has 5 N–H and O–H groups in total. The Balaban J connectivity index is 2.17. The third-order valence-electron chi connectivity index (χ3n) is 3.51. The number of hydrogen-bond acceptors (Lipinski definition) is 7. The van der Waals surface area contributed by atoms with Crippen molar-refractivity contribution < 1.29 is 39.8 Å². The molecule has 0 aromatic heterocycles. The Kier molecular flexibility index (Phi) is 4.99. The Labute approximate surface area is 126 Å². The Morgan fingerprint density at radius 2 is 1.91 bits per heavy atom. The summed E-state index contributed by atoms with van der Waals surface area (Å²) in [7, 11) is 0. The quantitative estimate of drug-likeness (QED) is 0.471. The van der Waals surface area contributed by atoms with E-state index in [1.54, 1.807) is 6.92 Å². The van der Waals surface area contributed by atoms with Crippen LogP contribution in [-0.4, -0.2) is 68.8 Å². The summed E-state index contributed by atoms with van der Waals surface area (Å²) in [6.07, 6.45) is -6.88. The minimum absolute atomic E-state index is 0.0821. The third-order valence-corrected chi connectivity index (χ3v) is 3.51. The van der Waals surface area contributed by atoms with E-state index < -0.39 is 43.3 Å². The molecule has 22 heavy (non-hydrogen) atoms. The van der Waals surface area contributed by atoms with Crippen LogP contribution in [0.15, 0.2) is 18.2 Å². The summed E-state index contributed by atoms with van der Waals surface area (Å²) < 4.78 is 10.7. The second kappa shape index (κ2) is 6.59. The molecule has 0 bridgehead atoms. The molecule has 1 fully saturated rings. The van der Waals surface area contributed by atoms with Gasteiger partial charge < -0.3 is 35.0 Å². The lowest BCUT2D eigenvalue weighted by Gasteiger charge is -2.39. The molecule has 0 saturated carbocycles. The van der Waals surface area contributed by atoms with Crippen LogP contribution in [0.1, 0.15) is 15.9 Å². The van der Waals surface area contributed by atoms with Gasteiger partial charge in [-0.3, -0.25) is 0 Å². The molecule has 122 valence electrons. The smallest absolute Gasteiger partial charge is 0.335 e. The van der Waals surface area contributed by atoms with E-state index in [9.17, 15) is 20.1 Å². The molecule has 1 heterocycles. The zero-order valence-electron chi connectivity index (χ0n) is 11.8. The van der Waals surface area contributed by atoms with Gasteiger partial charge in [-0.1, -0.05) is 0 Å². The number of hydrogen-bond donors (Lipinski definition) is 5. The molecular formula is C14H18O8. The van der Waals surface area contributed by atoms with E-state index >= 15 is 0 Å². The first kappa shape index (κ1) is 16.7. The van der Waals surface area contributed by atoms with E-state index in [1.165, 1.54) is 18.2 Å². The number of aryl methyl sites for hydroxylation is 1. The highest BCUT2D eigenvalue weighted by Crippen LogP contribution is 2.26. The zero-order valence-corrected chi connectivity index (χ0v) is 11.8. The first-order valence-corrected chi connectivity index (χ1v) is 6.66. The van der Waals surface area contributed by atoms with Crippen molar-refractivity contribution in [3.05, 3.63) is 29.3 Å². The van der Waals surface area contributed by atoms with Crippen LogP contribution in [0.4, 0.5) is 0 Å². The highest BCUT2D eigenvalue weighted by Gasteiger charge is 2.44. The van der Waals surface area contributed by atoms with Crippen LogP contribution in [-0.2, 0) is 4.74 Å². The Bertz CT molecular complexity index is 544. The first-order valence-electron chi connectivity index (χ1n) is 6.66. The summed E-state index contributed by atoms with van der Waals surface area (Å²) in [6.45, 7) is 1.06. The number of carboxylic acids is 1. The van der Waals surface area contributed by atoms with Crippen LogP contribution in [0.5, 0.6) is 5.75 Å². The van der Waals surface area contributed by atoms with Crippen molar-refractivity contribution in [2.45, 2.75) is 37.6 Å². The molecule has 2 rings (SSSR count). The number of aliphatic hydroxyl groups excluding tert-OH is 4. The van der Waals surface area contributed by atoms with Crippen molar-refractivity contribution in [2.24, 2.45) is 0 Å². The van der Waals surface area contributed by atoms with Gasteiger partial charge in [-0.2, -0.15) is 0 Å². The summed E-state index contributed by atoms with van der Waals surface area (Å²) in [5.41, 5.74) is 0.579. The molecule has 0 amide bonds. The van der Waals surface area contributed by atoms with Crippen LogP contribution in [0, 0.1) is 6.92 Å². The van der Waals surface area contributed by atoms with Crippen LogP contribution >= 0.6 is 0 Å². The molecular weight excluding hydrogens is 296 g/mol. The van der Waals surface area contributed by atoms with E-state index in [0.29, 0.717) is 5.56 Å². The van der Waals surface area contributed by atoms with Gasteiger partial charge >= 0.3 is 5.97 Å². The summed E-state index contributed by atoms with van der Waals surface area (Å²) in [5, 5.41) is 47.2. The van der Waals surface area contributed by atoms with Crippen molar-refractivity contribution in [1.82, 2.24) is 0 Å². The van der Waals surface area contributed by atoms with Crippen LogP contribution in [0.2, 0.25) is 0 Å². The minimum Gasteiger partial charge on any atom is -0.478 e.